The van der Waals surface area contributed by atoms with Crippen LogP contribution in [0, 0.1) is 11.3 Å². The Morgan fingerprint density at radius 3 is 2.21 bits per heavy atom. The number of hydrogen-bond donors (Lipinski definition) is 0. The van der Waals surface area contributed by atoms with E-state index in [1.165, 1.54) is 26.4 Å². The first-order valence-electron chi connectivity index (χ1n) is 9.22. The standard InChI is InChI=1S/C20H28O8/c1-20(2,3)13-6-8-14(9-7-13)25-19(22)27-28-26-18(21)16-11-10-15(23-4)12-17(16)24-5/h10-14H,6-9H2,1-5H3. The zero-order chi connectivity index (χ0) is 20.7. The first-order valence-corrected chi connectivity index (χ1v) is 9.22. The molecular formula is C20H28O8. The normalized spacial score (nSPS) is 19.5. The Morgan fingerprint density at radius 1 is 0.964 bits per heavy atom. The van der Waals surface area contributed by atoms with Gasteiger partial charge in [-0.05, 0) is 49.1 Å². The minimum atomic E-state index is -1.05. The molecule has 1 aromatic rings. The quantitative estimate of drug-likeness (QED) is 0.395. The molecule has 0 saturated heterocycles. The van der Waals surface area contributed by atoms with Gasteiger partial charge >= 0.3 is 12.1 Å². The molecule has 1 fully saturated rings. The van der Waals surface area contributed by atoms with E-state index in [4.69, 9.17) is 14.2 Å². The van der Waals surface area contributed by atoms with Crippen LogP contribution in [0.2, 0.25) is 0 Å². The number of carbonyl (C=O) groups is 2. The van der Waals surface area contributed by atoms with Crippen LogP contribution >= 0.6 is 0 Å². The van der Waals surface area contributed by atoms with Gasteiger partial charge in [0.25, 0.3) is 0 Å². The van der Waals surface area contributed by atoms with E-state index in [-0.39, 0.29) is 22.8 Å². The van der Waals surface area contributed by atoms with Crippen LogP contribution in [-0.4, -0.2) is 32.4 Å². The summed E-state index contributed by atoms with van der Waals surface area (Å²) in [6, 6.07) is 4.51. The molecular weight excluding hydrogens is 368 g/mol. The zero-order valence-electron chi connectivity index (χ0n) is 17.0. The van der Waals surface area contributed by atoms with E-state index in [2.05, 4.69) is 35.6 Å². The molecule has 0 aromatic heterocycles. The lowest BCUT2D eigenvalue weighted by atomic mass is 9.72. The summed E-state index contributed by atoms with van der Waals surface area (Å²) in [7, 11) is 2.89. The van der Waals surface area contributed by atoms with Crippen LogP contribution in [-0.2, 0) is 19.6 Å². The van der Waals surface area contributed by atoms with Gasteiger partial charge in [0.1, 0.15) is 23.2 Å². The van der Waals surface area contributed by atoms with Crippen molar-refractivity contribution in [1.82, 2.24) is 0 Å². The molecule has 0 radical (unpaired) electrons. The van der Waals surface area contributed by atoms with Gasteiger partial charge in [0.05, 0.1) is 19.3 Å². The molecule has 156 valence electrons. The number of ether oxygens (including phenoxy) is 3. The second-order valence-corrected chi connectivity index (χ2v) is 7.80. The molecule has 28 heavy (non-hydrogen) atoms. The number of carbonyl (C=O) groups excluding carboxylic acids is 2. The first-order chi connectivity index (χ1) is 13.2. The van der Waals surface area contributed by atoms with E-state index in [9.17, 15) is 9.59 Å². The number of hydrogen-bond acceptors (Lipinski definition) is 8. The van der Waals surface area contributed by atoms with Gasteiger partial charge in [0, 0.05) is 6.07 Å². The highest BCUT2D eigenvalue weighted by Crippen LogP contribution is 2.38. The maximum Gasteiger partial charge on any atom is 0.543 e. The third-order valence-corrected chi connectivity index (χ3v) is 5.00. The molecule has 0 spiro atoms. The molecule has 0 unspecified atom stereocenters. The van der Waals surface area contributed by atoms with Crippen LogP contribution in [0.4, 0.5) is 4.79 Å². The highest BCUT2D eigenvalue weighted by molar-refractivity contribution is 5.92. The fourth-order valence-electron chi connectivity index (χ4n) is 3.29. The van der Waals surface area contributed by atoms with Crippen molar-refractivity contribution in [3.05, 3.63) is 23.8 Å². The SMILES string of the molecule is COc1ccc(C(=O)OOOC(=O)OC2CCC(C(C)(C)C)CC2)c(OC)c1. The largest absolute Gasteiger partial charge is 0.543 e. The van der Waals surface area contributed by atoms with Crippen LogP contribution < -0.4 is 9.47 Å². The van der Waals surface area contributed by atoms with E-state index in [1.807, 2.05) is 0 Å². The predicted octanol–water partition coefficient (Wildman–Crippen LogP) is 4.47. The summed E-state index contributed by atoms with van der Waals surface area (Å²) in [5, 5.41) is 4.27. The summed E-state index contributed by atoms with van der Waals surface area (Å²) < 4.78 is 15.3. The van der Waals surface area contributed by atoms with Crippen molar-refractivity contribution in [2.45, 2.75) is 52.6 Å². The average molecular weight is 396 g/mol. The van der Waals surface area contributed by atoms with Crippen molar-refractivity contribution < 1.29 is 38.6 Å². The third kappa shape index (κ3) is 6.02. The van der Waals surface area contributed by atoms with Crippen molar-refractivity contribution in [2.24, 2.45) is 11.3 Å². The molecule has 0 heterocycles. The number of benzene rings is 1. The Kier molecular flexibility index (Phi) is 7.51. The van der Waals surface area contributed by atoms with Crippen molar-refractivity contribution in [2.75, 3.05) is 14.2 Å². The van der Waals surface area contributed by atoms with Gasteiger partial charge in [0.2, 0.25) is 0 Å². The Balaban J connectivity index is 1.75. The van der Waals surface area contributed by atoms with Crippen molar-refractivity contribution in [1.29, 1.82) is 0 Å². The van der Waals surface area contributed by atoms with Gasteiger partial charge in [-0.1, -0.05) is 20.8 Å². The van der Waals surface area contributed by atoms with E-state index < -0.39 is 12.1 Å². The minimum absolute atomic E-state index is 0.0840. The number of rotatable bonds is 6. The summed E-state index contributed by atoms with van der Waals surface area (Å²) in [5.74, 6) is 0.444. The van der Waals surface area contributed by atoms with Crippen molar-refractivity contribution >= 4 is 12.1 Å². The molecule has 0 aliphatic heterocycles. The maximum absolute atomic E-state index is 12.0. The molecule has 0 N–H and O–H groups in total. The molecule has 1 aromatic carbocycles. The molecule has 8 nitrogen and oxygen atoms in total. The smallest absolute Gasteiger partial charge is 0.497 e. The zero-order valence-corrected chi connectivity index (χ0v) is 17.0. The van der Waals surface area contributed by atoms with Gasteiger partial charge in [-0.15, -0.1) is 0 Å². The minimum Gasteiger partial charge on any atom is -0.497 e. The van der Waals surface area contributed by atoms with Gasteiger partial charge in [-0.25, -0.2) is 14.5 Å². The van der Waals surface area contributed by atoms with Gasteiger partial charge in [-0.2, -0.15) is 0 Å². The van der Waals surface area contributed by atoms with Crippen molar-refractivity contribution in [3.63, 3.8) is 0 Å². The molecule has 1 aliphatic rings. The summed E-state index contributed by atoms with van der Waals surface area (Å²) >= 11 is 0. The Morgan fingerprint density at radius 2 is 1.64 bits per heavy atom. The Bertz CT molecular complexity index is 671. The highest BCUT2D eigenvalue weighted by Gasteiger charge is 2.31. The van der Waals surface area contributed by atoms with Crippen molar-refractivity contribution in [3.8, 4) is 11.5 Å². The summed E-state index contributed by atoms with van der Waals surface area (Å²) in [5.41, 5.74) is 0.325. The van der Waals surface area contributed by atoms with Gasteiger partial charge < -0.3 is 14.2 Å². The highest BCUT2D eigenvalue weighted by atomic mass is 17.5. The topological polar surface area (TPSA) is 89.5 Å². The Labute approximate surface area is 164 Å². The molecule has 1 aliphatic carbocycles. The van der Waals surface area contributed by atoms with E-state index in [0.29, 0.717) is 11.7 Å². The molecule has 0 atom stereocenters. The van der Waals surface area contributed by atoms with Crippen LogP contribution in [0.1, 0.15) is 56.8 Å². The lowest BCUT2D eigenvalue weighted by Gasteiger charge is -2.36. The predicted molar refractivity (Wildman–Crippen MR) is 98.8 cm³/mol. The van der Waals surface area contributed by atoms with E-state index in [0.717, 1.165) is 25.7 Å². The molecule has 1 saturated carbocycles. The lowest BCUT2D eigenvalue weighted by molar-refractivity contribution is -0.453. The van der Waals surface area contributed by atoms with Gasteiger partial charge in [-0.3, -0.25) is 4.89 Å². The van der Waals surface area contributed by atoms with E-state index >= 15 is 0 Å². The molecule has 0 amide bonds. The van der Waals surface area contributed by atoms with Gasteiger partial charge in [0.15, 0.2) is 0 Å². The van der Waals surface area contributed by atoms with Crippen LogP contribution in [0.3, 0.4) is 0 Å². The summed E-state index contributed by atoms with van der Waals surface area (Å²) in [6.07, 6.45) is 2.21. The Hall–Kier alpha value is -2.48. The second kappa shape index (κ2) is 9.64. The summed E-state index contributed by atoms with van der Waals surface area (Å²) in [4.78, 5) is 32.6. The van der Waals surface area contributed by atoms with Crippen LogP contribution in [0.25, 0.3) is 0 Å². The first kappa shape index (κ1) is 21.8. The molecule has 8 heteroatoms. The second-order valence-electron chi connectivity index (χ2n) is 7.80. The fourth-order valence-corrected chi connectivity index (χ4v) is 3.29. The average Bonchev–Trinajstić information content (AvgIpc) is 2.67. The molecule has 0 bridgehead atoms. The molecule has 2 rings (SSSR count). The lowest BCUT2D eigenvalue weighted by Crippen LogP contribution is -2.30. The number of methoxy groups -OCH3 is 2. The fraction of sp³-hybridized carbons (Fsp3) is 0.600. The van der Waals surface area contributed by atoms with Crippen LogP contribution in [0.5, 0.6) is 11.5 Å². The summed E-state index contributed by atoms with van der Waals surface area (Å²) in [6.45, 7) is 6.65. The third-order valence-electron chi connectivity index (χ3n) is 5.00. The van der Waals surface area contributed by atoms with E-state index in [1.54, 1.807) is 6.07 Å². The van der Waals surface area contributed by atoms with Crippen LogP contribution in [0.15, 0.2) is 18.2 Å². The monoisotopic (exact) mass is 396 g/mol. The maximum atomic E-state index is 12.0.